The number of hydrogen-bond acceptors (Lipinski definition) is 11. The van der Waals surface area contributed by atoms with Crippen molar-refractivity contribution in [2.75, 3.05) is 41.6 Å². The van der Waals surface area contributed by atoms with Crippen molar-refractivity contribution in [2.24, 2.45) is 29.4 Å². The summed E-state index contributed by atoms with van der Waals surface area (Å²) in [4.78, 5) is 86.6. The van der Waals surface area contributed by atoms with Crippen LogP contribution in [0.5, 0.6) is 0 Å². The van der Waals surface area contributed by atoms with Crippen molar-refractivity contribution in [1.29, 1.82) is 0 Å². The second-order valence-electron chi connectivity index (χ2n) is 19.4. The molecular formula is C48H83N7O10. The van der Waals surface area contributed by atoms with Gasteiger partial charge in [-0.2, -0.15) is 0 Å². The molecule has 0 aromatic heterocycles. The zero-order chi connectivity index (χ0) is 49.5. The monoisotopic (exact) mass is 918 g/mol. The van der Waals surface area contributed by atoms with E-state index in [4.69, 9.17) is 24.7 Å². The molecule has 0 radical (unpaired) electrons. The Morgan fingerprint density at radius 3 is 1.97 bits per heavy atom. The molecular weight excluding hydrogens is 835 g/mol. The minimum atomic E-state index is -0.947. The SMILES string of the molecule is CC[C@H](C)[C@@H]([C@@H](CC(=O)N1CCC[C@H]1[C@H](OC)[C@@H](C)C(=O)N[C@H](C)[C@@H](OCNC(=O)[C@H](C)N)c1ccccc1)OC)N(C)C(=O)[C@@H](NC(=O)[C@H](C(C)C)N(C)C(=O)OC(C)(C)C)C(C)C. The van der Waals surface area contributed by atoms with Crippen LogP contribution >= 0.6 is 0 Å². The molecule has 2 rings (SSSR count). The average molecular weight is 918 g/mol. The van der Waals surface area contributed by atoms with Gasteiger partial charge in [-0.15, -0.1) is 0 Å². The van der Waals surface area contributed by atoms with Crippen LogP contribution in [0.25, 0.3) is 0 Å². The van der Waals surface area contributed by atoms with E-state index in [1.165, 1.54) is 26.2 Å². The lowest BCUT2D eigenvalue weighted by Gasteiger charge is -2.41. The van der Waals surface area contributed by atoms with Crippen LogP contribution < -0.4 is 21.7 Å². The molecule has 0 aliphatic carbocycles. The molecule has 0 spiro atoms. The summed E-state index contributed by atoms with van der Waals surface area (Å²) in [5.41, 5.74) is 5.74. The summed E-state index contributed by atoms with van der Waals surface area (Å²) in [6, 6.07) is 5.34. The van der Waals surface area contributed by atoms with Gasteiger partial charge >= 0.3 is 6.09 Å². The second kappa shape index (κ2) is 26.1. The number of rotatable bonds is 24. The van der Waals surface area contributed by atoms with Crippen LogP contribution in [-0.4, -0.2) is 146 Å². The van der Waals surface area contributed by atoms with Crippen molar-refractivity contribution in [3.05, 3.63) is 35.9 Å². The summed E-state index contributed by atoms with van der Waals surface area (Å²) in [6.45, 7) is 22.1. The standard InChI is InChI=1S/C48H83N7O10/c1-17-30(6)40(53(13)46(60)38(28(2)3)52-45(59)39(29(4)5)54(14)47(61)65-48(10,11)12)36(62-15)26-37(56)55-25-21-24-35(55)41(63-16)31(7)43(57)51-33(9)42(34-22-19-18-20-23-34)64-27-50-44(58)32(8)49/h18-20,22-23,28-33,35-36,38-42H,17,21,24-27,49H2,1-16H3,(H,50,58)(H,51,57)(H,52,59)/t30-,31+,32-,33+,35-,36+,38-,39-,40-,41+,42+/m0/s1. The maximum atomic E-state index is 14.5. The normalized spacial score (nSPS) is 18.9. The van der Waals surface area contributed by atoms with E-state index in [0.29, 0.717) is 25.8 Å². The number of ether oxygens (including phenoxy) is 4. The van der Waals surface area contributed by atoms with Gasteiger partial charge in [0.15, 0.2) is 0 Å². The Morgan fingerprint density at radius 1 is 0.846 bits per heavy atom. The number of hydrogen-bond donors (Lipinski definition) is 4. The minimum Gasteiger partial charge on any atom is -0.444 e. The molecule has 1 aromatic rings. The minimum absolute atomic E-state index is 0.0436. The highest BCUT2D eigenvalue weighted by atomic mass is 16.6. The molecule has 370 valence electrons. The lowest BCUT2D eigenvalue weighted by Crippen LogP contribution is -2.60. The van der Waals surface area contributed by atoms with Gasteiger partial charge in [-0.3, -0.25) is 28.9 Å². The first-order chi connectivity index (χ1) is 30.3. The van der Waals surface area contributed by atoms with E-state index in [0.717, 1.165) is 5.56 Å². The largest absolute Gasteiger partial charge is 0.444 e. The summed E-state index contributed by atoms with van der Waals surface area (Å²) in [5, 5.41) is 8.70. The molecule has 1 aromatic carbocycles. The molecule has 17 heteroatoms. The summed E-state index contributed by atoms with van der Waals surface area (Å²) >= 11 is 0. The number of nitrogens with two attached hydrogens (primary N) is 1. The Kier molecular flexibility index (Phi) is 22.8. The lowest BCUT2D eigenvalue weighted by atomic mass is 9.89. The molecule has 0 unspecified atom stereocenters. The van der Waals surface area contributed by atoms with E-state index >= 15 is 0 Å². The van der Waals surface area contributed by atoms with Crippen molar-refractivity contribution in [3.8, 4) is 0 Å². The number of nitrogens with zero attached hydrogens (tertiary/aromatic N) is 3. The molecule has 1 aliphatic rings. The topological polar surface area (TPSA) is 211 Å². The molecule has 0 bridgehead atoms. The number of amides is 6. The van der Waals surface area contributed by atoms with Crippen LogP contribution in [0.15, 0.2) is 30.3 Å². The predicted octanol–water partition coefficient (Wildman–Crippen LogP) is 4.62. The molecule has 1 fully saturated rings. The Labute approximate surface area is 388 Å². The second-order valence-corrected chi connectivity index (χ2v) is 19.4. The van der Waals surface area contributed by atoms with Crippen molar-refractivity contribution in [2.45, 2.75) is 169 Å². The highest BCUT2D eigenvalue weighted by Gasteiger charge is 2.44. The fourth-order valence-corrected chi connectivity index (χ4v) is 8.62. The van der Waals surface area contributed by atoms with Gasteiger partial charge < -0.3 is 50.4 Å². The number of benzene rings is 1. The van der Waals surface area contributed by atoms with Gasteiger partial charge in [-0.05, 0) is 70.8 Å². The number of nitrogens with one attached hydrogen (secondary N) is 3. The summed E-state index contributed by atoms with van der Waals surface area (Å²) < 4.78 is 23.7. The highest BCUT2D eigenvalue weighted by molar-refractivity contribution is 5.92. The molecule has 17 nitrogen and oxygen atoms in total. The number of carbonyl (C=O) groups is 6. The summed E-state index contributed by atoms with van der Waals surface area (Å²) in [7, 11) is 6.25. The van der Waals surface area contributed by atoms with Gasteiger partial charge in [0.2, 0.25) is 29.5 Å². The quantitative estimate of drug-likeness (QED) is 0.105. The third kappa shape index (κ3) is 16.2. The van der Waals surface area contributed by atoms with E-state index in [-0.39, 0.29) is 54.5 Å². The molecule has 6 amide bonds. The first-order valence-electron chi connectivity index (χ1n) is 23.2. The van der Waals surface area contributed by atoms with Crippen LogP contribution in [0.3, 0.4) is 0 Å². The molecule has 5 N–H and O–H groups in total. The number of likely N-dealkylation sites (tertiary alicyclic amines) is 1. The number of methoxy groups -OCH3 is 2. The van der Waals surface area contributed by atoms with Gasteiger partial charge in [0.05, 0.1) is 48.7 Å². The van der Waals surface area contributed by atoms with E-state index in [1.807, 2.05) is 78.8 Å². The molecule has 11 atom stereocenters. The zero-order valence-corrected chi connectivity index (χ0v) is 42.1. The predicted molar refractivity (Wildman–Crippen MR) is 250 cm³/mol. The molecule has 1 saturated heterocycles. The van der Waals surface area contributed by atoms with Crippen LogP contribution in [0.4, 0.5) is 4.79 Å². The summed E-state index contributed by atoms with van der Waals surface area (Å²) in [6.07, 6.45) is -0.657. The zero-order valence-electron chi connectivity index (χ0n) is 42.1. The van der Waals surface area contributed by atoms with Crippen LogP contribution in [-0.2, 0) is 42.9 Å². The lowest BCUT2D eigenvalue weighted by molar-refractivity contribution is -0.148. The van der Waals surface area contributed by atoms with E-state index in [1.54, 1.807) is 51.5 Å². The van der Waals surface area contributed by atoms with E-state index in [2.05, 4.69) is 16.0 Å². The first-order valence-corrected chi connectivity index (χ1v) is 23.2. The van der Waals surface area contributed by atoms with Gasteiger partial charge in [0.25, 0.3) is 0 Å². The van der Waals surface area contributed by atoms with Crippen molar-refractivity contribution >= 4 is 35.6 Å². The first kappa shape index (κ1) is 56.8. The fraction of sp³-hybridized carbons (Fsp3) is 0.750. The maximum Gasteiger partial charge on any atom is 0.410 e. The van der Waals surface area contributed by atoms with Gasteiger partial charge in [-0.1, -0.05) is 85.2 Å². The molecule has 1 aliphatic heterocycles. The third-order valence-electron chi connectivity index (χ3n) is 12.4. The Bertz CT molecular complexity index is 1690. The van der Waals surface area contributed by atoms with Crippen LogP contribution in [0.1, 0.15) is 120 Å². The third-order valence-corrected chi connectivity index (χ3v) is 12.4. The number of carbonyl (C=O) groups excluding carboxylic acids is 6. The smallest absolute Gasteiger partial charge is 0.410 e. The van der Waals surface area contributed by atoms with Crippen molar-refractivity contribution in [3.63, 3.8) is 0 Å². The van der Waals surface area contributed by atoms with Gasteiger partial charge in [0.1, 0.15) is 30.5 Å². The Hall–Kier alpha value is -4.32. The Morgan fingerprint density at radius 2 is 1.46 bits per heavy atom. The Balaban J connectivity index is 2.30. The fourth-order valence-electron chi connectivity index (χ4n) is 8.62. The number of likely N-dealkylation sites (N-methyl/N-ethyl adjacent to an activating group) is 2. The van der Waals surface area contributed by atoms with Crippen molar-refractivity contribution < 1.29 is 47.7 Å². The average Bonchev–Trinajstić information content (AvgIpc) is 3.72. The van der Waals surface area contributed by atoms with Crippen LogP contribution in [0, 0.1) is 23.7 Å². The van der Waals surface area contributed by atoms with E-state index < -0.39 is 78.1 Å². The highest BCUT2D eigenvalue weighted by Crippen LogP contribution is 2.30. The van der Waals surface area contributed by atoms with Gasteiger partial charge in [0, 0.05) is 34.9 Å². The van der Waals surface area contributed by atoms with Crippen molar-refractivity contribution in [1.82, 2.24) is 30.7 Å². The molecule has 65 heavy (non-hydrogen) atoms. The van der Waals surface area contributed by atoms with Crippen LogP contribution in [0.2, 0.25) is 0 Å². The molecule has 0 saturated carbocycles. The maximum absolute atomic E-state index is 14.5. The van der Waals surface area contributed by atoms with E-state index in [9.17, 15) is 28.8 Å². The molecule has 1 heterocycles. The van der Waals surface area contributed by atoms with Gasteiger partial charge in [-0.25, -0.2) is 4.79 Å². The summed E-state index contributed by atoms with van der Waals surface area (Å²) in [5.74, 6) is -3.08.